The van der Waals surface area contributed by atoms with Gasteiger partial charge in [-0.2, -0.15) is 5.26 Å². The van der Waals surface area contributed by atoms with Gasteiger partial charge in [-0.1, -0.05) is 24.3 Å². The zero-order valence-corrected chi connectivity index (χ0v) is 19.1. The van der Waals surface area contributed by atoms with Gasteiger partial charge in [0.25, 0.3) is 5.95 Å². The van der Waals surface area contributed by atoms with E-state index in [1.807, 2.05) is 0 Å². The number of halogens is 1. The molecule has 36 heavy (non-hydrogen) atoms. The Hall–Kier alpha value is -5.05. The van der Waals surface area contributed by atoms with E-state index < -0.39 is 17.4 Å². The number of amidine groups is 1. The molecule has 182 valence electrons. The number of aromatic amines is 1. The number of nitrogens with one attached hydrogen (secondary N) is 2. The van der Waals surface area contributed by atoms with Crippen LogP contribution >= 0.6 is 0 Å². The molecule has 1 atom stereocenters. The molecule has 0 aliphatic rings. The molecule has 0 amide bonds. The third kappa shape index (κ3) is 5.05. The molecule has 4 aromatic rings. The first-order chi connectivity index (χ1) is 17.4. The van der Waals surface area contributed by atoms with E-state index in [0.29, 0.717) is 17.5 Å². The van der Waals surface area contributed by atoms with Crippen LogP contribution in [0.15, 0.2) is 59.7 Å². The van der Waals surface area contributed by atoms with Gasteiger partial charge in [0.05, 0.1) is 7.11 Å². The predicted molar refractivity (Wildman–Crippen MR) is 127 cm³/mol. The van der Waals surface area contributed by atoms with E-state index in [9.17, 15) is 4.79 Å². The van der Waals surface area contributed by atoms with E-state index in [4.69, 9.17) is 25.9 Å². The predicted octanol–water partition coefficient (Wildman–Crippen LogP) is 2.06. The van der Waals surface area contributed by atoms with Gasteiger partial charge in [0.1, 0.15) is 17.7 Å². The van der Waals surface area contributed by atoms with Crippen molar-refractivity contribution in [3.05, 3.63) is 93.7 Å². The van der Waals surface area contributed by atoms with Gasteiger partial charge in [0.2, 0.25) is 0 Å². The Balaban J connectivity index is 1.81. The van der Waals surface area contributed by atoms with Gasteiger partial charge in [0.15, 0.2) is 23.9 Å². The van der Waals surface area contributed by atoms with Crippen molar-refractivity contribution in [2.45, 2.75) is 12.3 Å². The number of methoxy groups -OCH3 is 1. The molecule has 2 aromatic heterocycles. The summed E-state index contributed by atoms with van der Waals surface area (Å²) in [7, 11) is 1.36. The number of aromatic nitrogens is 5. The first-order valence-corrected chi connectivity index (χ1v) is 10.7. The molecular formula is C24H21FN8O3. The lowest BCUT2D eigenvalue weighted by molar-refractivity contribution is 0.311. The zero-order chi connectivity index (χ0) is 25.7. The Bertz CT molecular complexity index is 1480. The monoisotopic (exact) mass is 488 g/mol. The molecule has 2 aromatic carbocycles. The number of nitrogen functional groups attached to an aromatic ring is 1. The molecule has 1 unspecified atom stereocenters. The van der Waals surface area contributed by atoms with E-state index in [1.165, 1.54) is 25.6 Å². The molecule has 0 saturated carbocycles. The highest BCUT2D eigenvalue weighted by molar-refractivity contribution is 5.94. The van der Waals surface area contributed by atoms with Crippen molar-refractivity contribution in [1.29, 1.82) is 10.7 Å². The van der Waals surface area contributed by atoms with Crippen LogP contribution in [0.25, 0.3) is 5.95 Å². The van der Waals surface area contributed by atoms with Crippen molar-refractivity contribution in [3.63, 3.8) is 0 Å². The second-order valence-electron chi connectivity index (χ2n) is 7.62. The molecular weight excluding hydrogens is 467 g/mol. The standard InChI is InChI=1S/C24H21FN8O3/c1-35-19-13-16(12-18(25)20(19)36-10-7-26)17(11-14-3-5-15(6-4-14)21(27)28)22-31-24(34)33(32-22)23-29-8-2-9-30-23/h2-6,8-9,12-13,17H,10-11H2,1H3,(H3,27,28)(H,31,32,34). The lowest BCUT2D eigenvalue weighted by Crippen LogP contribution is -2.18. The van der Waals surface area contributed by atoms with E-state index >= 15 is 4.39 Å². The van der Waals surface area contributed by atoms with Crippen LogP contribution in [0.5, 0.6) is 11.5 Å². The van der Waals surface area contributed by atoms with Gasteiger partial charge < -0.3 is 15.2 Å². The SMILES string of the molecule is COc1cc(C(Cc2ccc(C(=N)N)cc2)c2nn(-c3ncccn3)c(=O)[nH]2)cc(F)c1OCC#N. The molecule has 12 heteroatoms. The molecule has 2 heterocycles. The second-order valence-corrected chi connectivity index (χ2v) is 7.62. The highest BCUT2D eigenvalue weighted by Crippen LogP contribution is 2.36. The van der Waals surface area contributed by atoms with Crippen LogP contribution in [0.2, 0.25) is 0 Å². The normalized spacial score (nSPS) is 11.5. The van der Waals surface area contributed by atoms with Gasteiger partial charge in [-0.3, -0.25) is 10.4 Å². The summed E-state index contributed by atoms with van der Waals surface area (Å²) in [4.78, 5) is 23.5. The third-order valence-electron chi connectivity index (χ3n) is 5.35. The van der Waals surface area contributed by atoms with Crippen molar-refractivity contribution in [1.82, 2.24) is 24.7 Å². The smallest absolute Gasteiger partial charge is 0.350 e. The molecule has 0 bridgehead atoms. The molecule has 0 aliphatic heterocycles. The molecule has 0 radical (unpaired) electrons. The van der Waals surface area contributed by atoms with Crippen molar-refractivity contribution in [3.8, 4) is 23.5 Å². The van der Waals surface area contributed by atoms with Crippen LogP contribution in [0, 0.1) is 22.6 Å². The first kappa shape index (κ1) is 24.1. The largest absolute Gasteiger partial charge is 0.493 e. The average Bonchev–Trinajstić information content (AvgIpc) is 3.28. The number of nitrogens with two attached hydrogens (primary N) is 1. The van der Waals surface area contributed by atoms with E-state index in [-0.39, 0.29) is 35.7 Å². The van der Waals surface area contributed by atoms with E-state index in [1.54, 1.807) is 42.5 Å². The Labute approximate surface area is 204 Å². The molecule has 4 N–H and O–H groups in total. The highest BCUT2D eigenvalue weighted by Gasteiger charge is 2.25. The number of H-pyrrole nitrogens is 1. The Morgan fingerprint density at radius 1 is 1.28 bits per heavy atom. The zero-order valence-electron chi connectivity index (χ0n) is 19.1. The molecule has 4 rings (SSSR count). The number of rotatable bonds is 9. The van der Waals surface area contributed by atoms with Crippen LogP contribution in [0.3, 0.4) is 0 Å². The van der Waals surface area contributed by atoms with Crippen LogP contribution < -0.4 is 20.9 Å². The maximum atomic E-state index is 15.1. The summed E-state index contributed by atoms with van der Waals surface area (Å²) in [6.45, 7) is -0.354. The van der Waals surface area contributed by atoms with Crippen molar-refractivity contribution in [2.75, 3.05) is 13.7 Å². The Kier molecular flexibility index (Phi) is 7.01. The quantitative estimate of drug-likeness (QED) is 0.237. The number of benzene rings is 2. The molecule has 0 fully saturated rings. The molecule has 0 aliphatic carbocycles. The van der Waals surface area contributed by atoms with Crippen LogP contribution in [0.4, 0.5) is 4.39 Å². The second kappa shape index (κ2) is 10.5. The lowest BCUT2D eigenvalue weighted by Gasteiger charge is -2.18. The highest BCUT2D eigenvalue weighted by atomic mass is 19.1. The fraction of sp³-hybridized carbons (Fsp3) is 0.167. The van der Waals surface area contributed by atoms with Gasteiger partial charge in [-0.15, -0.1) is 9.78 Å². The number of hydrogen-bond donors (Lipinski definition) is 3. The number of nitriles is 1. The average molecular weight is 488 g/mol. The summed E-state index contributed by atoms with van der Waals surface area (Å²) in [6.07, 6.45) is 3.27. The molecule has 0 saturated heterocycles. The lowest BCUT2D eigenvalue weighted by atomic mass is 9.90. The van der Waals surface area contributed by atoms with Gasteiger partial charge in [-0.25, -0.2) is 19.2 Å². The number of ether oxygens (including phenoxy) is 2. The van der Waals surface area contributed by atoms with Crippen LogP contribution in [0.1, 0.15) is 28.4 Å². The topological polar surface area (TPSA) is 169 Å². The van der Waals surface area contributed by atoms with Gasteiger partial charge in [0, 0.05) is 23.9 Å². The third-order valence-corrected chi connectivity index (χ3v) is 5.35. The summed E-state index contributed by atoms with van der Waals surface area (Å²) in [5.41, 5.74) is 6.81. The Morgan fingerprint density at radius 2 is 2.00 bits per heavy atom. The minimum atomic E-state index is -0.732. The Morgan fingerprint density at radius 3 is 2.64 bits per heavy atom. The first-order valence-electron chi connectivity index (χ1n) is 10.7. The van der Waals surface area contributed by atoms with Crippen molar-refractivity contribution in [2.24, 2.45) is 5.73 Å². The molecule has 11 nitrogen and oxygen atoms in total. The summed E-state index contributed by atoms with van der Waals surface area (Å²) >= 11 is 0. The summed E-state index contributed by atoms with van der Waals surface area (Å²) in [5.74, 6) is -1.20. The van der Waals surface area contributed by atoms with Gasteiger partial charge in [-0.05, 0) is 35.7 Å². The molecule has 0 spiro atoms. The van der Waals surface area contributed by atoms with Crippen molar-refractivity contribution < 1.29 is 13.9 Å². The fourth-order valence-electron chi connectivity index (χ4n) is 3.65. The van der Waals surface area contributed by atoms with E-state index in [2.05, 4.69) is 20.1 Å². The summed E-state index contributed by atoms with van der Waals surface area (Å²) in [6, 6.07) is 13.2. The minimum absolute atomic E-state index is 0.0659. The van der Waals surface area contributed by atoms with Gasteiger partial charge >= 0.3 is 5.69 Å². The summed E-state index contributed by atoms with van der Waals surface area (Å²) < 4.78 is 26.6. The van der Waals surface area contributed by atoms with Crippen LogP contribution in [-0.2, 0) is 6.42 Å². The summed E-state index contributed by atoms with van der Waals surface area (Å²) in [5, 5.41) is 20.8. The maximum Gasteiger partial charge on any atom is 0.350 e. The van der Waals surface area contributed by atoms with E-state index in [0.717, 1.165) is 10.2 Å². The number of hydrogen-bond acceptors (Lipinski definition) is 8. The fourth-order valence-corrected chi connectivity index (χ4v) is 3.65. The van der Waals surface area contributed by atoms with Crippen molar-refractivity contribution >= 4 is 5.84 Å². The maximum absolute atomic E-state index is 15.1. The van der Waals surface area contributed by atoms with Crippen LogP contribution in [-0.4, -0.2) is 44.3 Å². The minimum Gasteiger partial charge on any atom is -0.493 e. The number of nitrogens with zero attached hydrogens (tertiary/aromatic N) is 5.